The van der Waals surface area contributed by atoms with Crippen molar-refractivity contribution in [3.05, 3.63) is 23.9 Å². The van der Waals surface area contributed by atoms with E-state index < -0.39 is 0 Å². The van der Waals surface area contributed by atoms with Crippen molar-refractivity contribution in [1.29, 1.82) is 0 Å². The van der Waals surface area contributed by atoms with Crippen LogP contribution in [0.25, 0.3) is 11.5 Å². The molecule has 0 aliphatic rings. The average molecular weight is 275 g/mol. The molecular weight excluding hydrogens is 258 g/mol. The third kappa shape index (κ3) is 3.39. The van der Waals surface area contributed by atoms with Crippen LogP contribution in [-0.4, -0.2) is 40.9 Å². The molecular formula is C13H17N5O2. The summed E-state index contributed by atoms with van der Waals surface area (Å²) in [5, 5.41) is 11.1. The van der Waals surface area contributed by atoms with Gasteiger partial charge < -0.3 is 14.8 Å². The zero-order valence-corrected chi connectivity index (χ0v) is 11.8. The fraction of sp³-hybridized carbons (Fsp3) is 0.385. The Bertz CT molecular complexity index is 535. The number of anilines is 1. The van der Waals surface area contributed by atoms with Crippen LogP contribution in [0.2, 0.25) is 0 Å². The van der Waals surface area contributed by atoms with E-state index in [9.17, 15) is 0 Å². The minimum Gasteiger partial charge on any atom is -0.480 e. The molecule has 0 aliphatic carbocycles. The molecule has 2 aromatic rings. The van der Waals surface area contributed by atoms with Crippen molar-refractivity contribution in [1.82, 2.24) is 20.2 Å². The smallest absolute Gasteiger partial charge is 0.233 e. The van der Waals surface area contributed by atoms with E-state index in [4.69, 9.17) is 9.47 Å². The highest BCUT2D eigenvalue weighted by atomic mass is 16.5. The van der Waals surface area contributed by atoms with Crippen molar-refractivity contribution in [2.75, 3.05) is 26.1 Å². The molecule has 106 valence electrons. The molecule has 20 heavy (non-hydrogen) atoms. The molecule has 0 fully saturated rings. The number of aromatic nitrogens is 4. The second kappa shape index (κ2) is 6.76. The Labute approximate surface area is 117 Å². The van der Waals surface area contributed by atoms with Crippen LogP contribution >= 0.6 is 0 Å². The molecule has 0 saturated heterocycles. The van der Waals surface area contributed by atoms with Crippen LogP contribution in [-0.2, 0) is 11.3 Å². The summed E-state index contributed by atoms with van der Waals surface area (Å²) in [6, 6.07) is 5.35. The lowest BCUT2D eigenvalue weighted by atomic mass is 10.3. The van der Waals surface area contributed by atoms with Gasteiger partial charge in [-0.05, 0) is 13.0 Å². The zero-order valence-electron chi connectivity index (χ0n) is 11.8. The van der Waals surface area contributed by atoms with Crippen LogP contribution < -0.4 is 10.1 Å². The molecule has 2 aromatic heterocycles. The molecule has 2 rings (SSSR count). The van der Waals surface area contributed by atoms with Gasteiger partial charge in [-0.1, -0.05) is 0 Å². The highest BCUT2D eigenvalue weighted by Crippen LogP contribution is 2.17. The SMILES string of the molecule is CCNc1cc(COC)nc(-c2ccc(OC)nn2)n1. The van der Waals surface area contributed by atoms with Crippen LogP contribution in [0.4, 0.5) is 5.82 Å². The van der Waals surface area contributed by atoms with Crippen molar-refractivity contribution in [2.24, 2.45) is 0 Å². The molecule has 0 amide bonds. The van der Waals surface area contributed by atoms with E-state index in [0.29, 0.717) is 24.0 Å². The zero-order chi connectivity index (χ0) is 14.4. The maximum atomic E-state index is 5.11. The van der Waals surface area contributed by atoms with E-state index in [0.717, 1.165) is 18.1 Å². The van der Waals surface area contributed by atoms with Crippen molar-refractivity contribution in [3.63, 3.8) is 0 Å². The van der Waals surface area contributed by atoms with Gasteiger partial charge in [0.15, 0.2) is 5.82 Å². The van der Waals surface area contributed by atoms with Crippen molar-refractivity contribution in [3.8, 4) is 17.4 Å². The molecule has 0 unspecified atom stereocenters. The van der Waals surface area contributed by atoms with Gasteiger partial charge in [0, 0.05) is 25.8 Å². The Morgan fingerprint density at radius 2 is 2.00 bits per heavy atom. The molecule has 0 spiro atoms. The third-order valence-electron chi connectivity index (χ3n) is 2.51. The summed E-state index contributed by atoms with van der Waals surface area (Å²) < 4.78 is 10.1. The predicted octanol–water partition coefficient (Wildman–Crippen LogP) is 1.52. The Hall–Kier alpha value is -2.28. The van der Waals surface area contributed by atoms with E-state index in [1.54, 1.807) is 26.4 Å². The summed E-state index contributed by atoms with van der Waals surface area (Å²) in [5.74, 6) is 1.70. The standard InChI is InChI=1S/C13H17N5O2/c1-4-14-11-7-9(8-19-2)15-13(16-11)10-5-6-12(20-3)18-17-10/h5-7H,4,8H2,1-3H3,(H,14,15,16). The summed E-state index contributed by atoms with van der Waals surface area (Å²) in [5.41, 5.74) is 1.37. The van der Waals surface area contributed by atoms with Gasteiger partial charge in [0.2, 0.25) is 5.88 Å². The first-order valence-corrected chi connectivity index (χ1v) is 6.25. The summed E-state index contributed by atoms with van der Waals surface area (Å²) in [7, 11) is 3.17. The maximum absolute atomic E-state index is 5.11. The van der Waals surface area contributed by atoms with Crippen molar-refractivity contribution < 1.29 is 9.47 Å². The monoisotopic (exact) mass is 275 g/mol. The number of hydrogen-bond donors (Lipinski definition) is 1. The first-order chi connectivity index (χ1) is 9.76. The number of methoxy groups -OCH3 is 2. The lowest BCUT2D eigenvalue weighted by Crippen LogP contribution is -2.05. The van der Waals surface area contributed by atoms with E-state index >= 15 is 0 Å². The minimum atomic E-state index is 0.414. The van der Waals surface area contributed by atoms with Crippen molar-refractivity contribution in [2.45, 2.75) is 13.5 Å². The number of hydrogen-bond acceptors (Lipinski definition) is 7. The van der Waals surface area contributed by atoms with Gasteiger partial charge in [0.25, 0.3) is 0 Å². The van der Waals surface area contributed by atoms with E-state index in [1.807, 2.05) is 13.0 Å². The lowest BCUT2D eigenvalue weighted by Gasteiger charge is -2.08. The quantitative estimate of drug-likeness (QED) is 0.855. The fourth-order valence-electron chi connectivity index (χ4n) is 1.65. The van der Waals surface area contributed by atoms with Gasteiger partial charge in [0.1, 0.15) is 11.5 Å². The second-order valence-corrected chi connectivity index (χ2v) is 3.99. The first-order valence-electron chi connectivity index (χ1n) is 6.25. The Morgan fingerprint density at radius 3 is 2.60 bits per heavy atom. The van der Waals surface area contributed by atoms with Gasteiger partial charge in [-0.25, -0.2) is 9.97 Å². The number of rotatable bonds is 6. The number of nitrogens with zero attached hydrogens (tertiary/aromatic N) is 4. The van der Waals surface area contributed by atoms with Gasteiger partial charge in [-0.3, -0.25) is 0 Å². The van der Waals surface area contributed by atoms with Crippen LogP contribution in [0.3, 0.4) is 0 Å². The maximum Gasteiger partial charge on any atom is 0.233 e. The second-order valence-electron chi connectivity index (χ2n) is 3.99. The van der Waals surface area contributed by atoms with Crippen molar-refractivity contribution >= 4 is 5.82 Å². The van der Waals surface area contributed by atoms with Gasteiger partial charge in [-0.2, -0.15) is 0 Å². The van der Waals surface area contributed by atoms with Gasteiger partial charge in [-0.15, -0.1) is 10.2 Å². The molecule has 0 bridgehead atoms. The number of ether oxygens (including phenoxy) is 2. The minimum absolute atomic E-state index is 0.414. The van der Waals surface area contributed by atoms with Gasteiger partial charge >= 0.3 is 0 Å². The summed E-state index contributed by atoms with van der Waals surface area (Å²) >= 11 is 0. The van der Waals surface area contributed by atoms with Gasteiger partial charge in [0.05, 0.1) is 19.4 Å². The molecule has 0 aromatic carbocycles. The molecule has 0 aliphatic heterocycles. The van der Waals surface area contributed by atoms with Crippen LogP contribution in [0.1, 0.15) is 12.6 Å². The molecule has 7 nitrogen and oxygen atoms in total. The Morgan fingerprint density at radius 1 is 1.15 bits per heavy atom. The van der Waals surface area contributed by atoms with Crippen LogP contribution in [0.5, 0.6) is 5.88 Å². The van der Waals surface area contributed by atoms with Crippen LogP contribution in [0.15, 0.2) is 18.2 Å². The van der Waals surface area contributed by atoms with Crippen LogP contribution in [0, 0.1) is 0 Å². The highest BCUT2D eigenvalue weighted by molar-refractivity contribution is 5.52. The van der Waals surface area contributed by atoms with E-state index in [-0.39, 0.29) is 0 Å². The summed E-state index contributed by atoms with van der Waals surface area (Å²) in [6.45, 7) is 3.19. The lowest BCUT2D eigenvalue weighted by molar-refractivity contribution is 0.181. The predicted molar refractivity (Wildman–Crippen MR) is 74.5 cm³/mol. The highest BCUT2D eigenvalue weighted by Gasteiger charge is 2.09. The van der Waals surface area contributed by atoms with E-state index in [1.165, 1.54) is 0 Å². The number of nitrogens with one attached hydrogen (secondary N) is 1. The fourth-order valence-corrected chi connectivity index (χ4v) is 1.65. The largest absolute Gasteiger partial charge is 0.480 e. The normalized spacial score (nSPS) is 10.3. The Balaban J connectivity index is 2.37. The molecule has 7 heteroatoms. The molecule has 0 radical (unpaired) electrons. The summed E-state index contributed by atoms with van der Waals surface area (Å²) in [6.07, 6.45) is 0. The Kier molecular flexibility index (Phi) is 4.78. The van der Waals surface area contributed by atoms with E-state index in [2.05, 4.69) is 25.5 Å². The molecule has 2 heterocycles. The summed E-state index contributed by atoms with van der Waals surface area (Å²) in [4.78, 5) is 8.82. The first kappa shape index (κ1) is 14.1. The third-order valence-corrected chi connectivity index (χ3v) is 2.51. The molecule has 1 N–H and O–H groups in total. The topological polar surface area (TPSA) is 82.0 Å². The molecule has 0 saturated carbocycles. The molecule has 0 atom stereocenters. The average Bonchev–Trinajstić information content (AvgIpc) is 2.48.